The quantitative estimate of drug-likeness (QED) is 0.568. The Bertz CT molecular complexity index is 824. The van der Waals surface area contributed by atoms with Gasteiger partial charge in [0.25, 0.3) is 5.69 Å². The third-order valence-corrected chi connectivity index (χ3v) is 3.57. The molecule has 23 heavy (non-hydrogen) atoms. The van der Waals surface area contributed by atoms with Crippen molar-refractivity contribution in [3.05, 3.63) is 75.6 Å². The van der Waals surface area contributed by atoms with Crippen LogP contribution in [-0.2, 0) is 0 Å². The molecule has 1 atom stereocenters. The molecule has 0 spiro atoms. The molecule has 7 heteroatoms. The van der Waals surface area contributed by atoms with Crippen molar-refractivity contribution in [2.24, 2.45) is 5.73 Å². The first-order valence-corrected chi connectivity index (χ1v) is 7.04. The summed E-state index contributed by atoms with van der Waals surface area (Å²) in [7, 11) is 0. The van der Waals surface area contributed by atoms with Crippen LogP contribution in [0.15, 0.2) is 48.5 Å². The van der Waals surface area contributed by atoms with Crippen molar-refractivity contribution < 1.29 is 4.92 Å². The van der Waals surface area contributed by atoms with Crippen molar-refractivity contribution in [3.63, 3.8) is 0 Å². The van der Waals surface area contributed by atoms with E-state index in [0.29, 0.717) is 17.2 Å². The number of nitrogens with zero attached hydrogens (tertiary/aromatic N) is 3. The van der Waals surface area contributed by atoms with Gasteiger partial charge in [0.15, 0.2) is 5.82 Å². The SMILES string of the molecule is Cc1ccc(C(N)c2nc(-c3ccc([N+](=O)[O-])cc3)n[nH]2)cc1. The summed E-state index contributed by atoms with van der Waals surface area (Å²) in [5.74, 6) is 1.000. The van der Waals surface area contributed by atoms with Crippen LogP contribution in [0.3, 0.4) is 0 Å². The summed E-state index contributed by atoms with van der Waals surface area (Å²) in [6, 6.07) is 13.5. The van der Waals surface area contributed by atoms with Gasteiger partial charge in [-0.15, -0.1) is 0 Å². The maximum absolute atomic E-state index is 10.7. The molecule has 0 amide bonds. The fourth-order valence-corrected chi connectivity index (χ4v) is 2.21. The highest BCUT2D eigenvalue weighted by atomic mass is 16.6. The molecule has 0 aliphatic heterocycles. The number of nitrogens with one attached hydrogen (secondary N) is 1. The largest absolute Gasteiger partial charge is 0.318 e. The molecular formula is C16H15N5O2. The molecule has 0 fully saturated rings. The van der Waals surface area contributed by atoms with Gasteiger partial charge >= 0.3 is 0 Å². The van der Waals surface area contributed by atoms with Crippen LogP contribution in [0.1, 0.15) is 23.0 Å². The Labute approximate surface area is 132 Å². The summed E-state index contributed by atoms with van der Waals surface area (Å²) in [5, 5.41) is 17.6. The van der Waals surface area contributed by atoms with Gasteiger partial charge in [0, 0.05) is 17.7 Å². The van der Waals surface area contributed by atoms with Crippen molar-refractivity contribution in [3.8, 4) is 11.4 Å². The molecule has 116 valence electrons. The monoisotopic (exact) mass is 309 g/mol. The zero-order chi connectivity index (χ0) is 16.4. The topological polar surface area (TPSA) is 111 Å². The van der Waals surface area contributed by atoms with Crippen LogP contribution in [0.4, 0.5) is 5.69 Å². The summed E-state index contributed by atoms with van der Waals surface area (Å²) in [6.45, 7) is 2.01. The number of H-pyrrole nitrogens is 1. The molecule has 0 aliphatic carbocycles. The number of non-ortho nitro benzene ring substituents is 1. The van der Waals surface area contributed by atoms with E-state index >= 15 is 0 Å². The first-order chi connectivity index (χ1) is 11.0. The highest BCUT2D eigenvalue weighted by Gasteiger charge is 2.15. The Morgan fingerprint density at radius 2 is 1.78 bits per heavy atom. The Hall–Kier alpha value is -3.06. The Kier molecular flexibility index (Phi) is 3.86. The first-order valence-electron chi connectivity index (χ1n) is 7.04. The molecule has 0 radical (unpaired) electrons. The number of benzene rings is 2. The number of rotatable bonds is 4. The van der Waals surface area contributed by atoms with Crippen LogP contribution in [-0.4, -0.2) is 20.1 Å². The molecule has 2 aromatic carbocycles. The third kappa shape index (κ3) is 3.09. The number of aromatic amines is 1. The molecule has 7 nitrogen and oxygen atoms in total. The van der Waals surface area contributed by atoms with Gasteiger partial charge in [0.1, 0.15) is 5.82 Å². The van der Waals surface area contributed by atoms with Gasteiger partial charge in [0.2, 0.25) is 0 Å². The average molecular weight is 309 g/mol. The second-order valence-corrected chi connectivity index (χ2v) is 5.24. The maximum atomic E-state index is 10.7. The number of nitrogens with two attached hydrogens (primary N) is 1. The summed E-state index contributed by atoms with van der Waals surface area (Å²) >= 11 is 0. The minimum atomic E-state index is -0.444. The van der Waals surface area contributed by atoms with Gasteiger partial charge < -0.3 is 5.73 Å². The number of hydrogen-bond acceptors (Lipinski definition) is 5. The molecule has 1 heterocycles. The Morgan fingerprint density at radius 1 is 1.13 bits per heavy atom. The van der Waals surface area contributed by atoms with Crippen LogP contribution in [0.25, 0.3) is 11.4 Å². The Balaban J connectivity index is 1.84. The van der Waals surface area contributed by atoms with Crippen molar-refractivity contribution in [1.29, 1.82) is 0 Å². The molecule has 0 aliphatic rings. The lowest BCUT2D eigenvalue weighted by molar-refractivity contribution is -0.384. The third-order valence-electron chi connectivity index (χ3n) is 3.57. The second kappa shape index (κ2) is 5.98. The minimum Gasteiger partial charge on any atom is -0.318 e. The molecule has 3 aromatic rings. The highest BCUT2D eigenvalue weighted by Crippen LogP contribution is 2.22. The number of aromatic nitrogens is 3. The lowest BCUT2D eigenvalue weighted by Crippen LogP contribution is -2.13. The fourth-order valence-electron chi connectivity index (χ4n) is 2.21. The predicted molar refractivity (Wildman–Crippen MR) is 85.7 cm³/mol. The summed E-state index contributed by atoms with van der Waals surface area (Å²) in [6.07, 6.45) is 0. The van der Waals surface area contributed by atoms with E-state index in [1.165, 1.54) is 12.1 Å². The molecule has 0 saturated heterocycles. The van der Waals surface area contributed by atoms with Crippen LogP contribution in [0, 0.1) is 17.0 Å². The zero-order valence-electron chi connectivity index (χ0n) is 12.4. The molecular weight excluding hydrogens is 294 g/mol. The summed E-state index contributed by atoms with van der Waals surface area (Å²) in [5.41, 5.74) is 9.01. The second-order valence-electron chi connectivity index (χ2n) is 5.24. The fraction of sp³-hybridized carbons (Fsp3) is 0.125. The van der Waals surface area contributed by atoms with Gasteiger partial charge in [-0.25, -0.2) is 4.98 Å². The molecule has 1 aromatic heterocycles. The lowest BCUT2D eigenvalue weighted by Gasteiger charge is -2.08. The van der Waals surface area contributed by atoms with Crippen LogP contribution in [0.5, 0.6) is 0 Å². The molecule has 0 bridgehead atoms. The average Bonchev–Trinajstić information content (AvgIpc) is 3.05. The van der Waals surface area contributed by atoms with E-state index < -0.39 is 11.0 Å². The summed E-state index contributed by atoms with van der Waals surface area (Å²) in [4.78, 5) is 14.6. The van der Waals surface area contributed by atoms with Crippen LogP contribution >= 0.6 is 0 Å². The van der Waals surface area contributed by atoms with Gasteiger partial charge in [-0.2, -0.15) is 5.10 Å². The molecule has 1 unspecified atom stereocenters. The van der Waals surface area contributed by atoms with E-state index in [4.69, 9.17) is 5.73 Å². The molecule has 0 saturated carbocycles. The van der Waals surface area contributed by atoms with E-state index in [-0.39, 0.29) is 5.69 Å². The Morgan fingerprint density at radius 3 is 2.39 bits per heavy atom. The van der Waals surface area contributed by atoms with Gasteiger partial charge in [-0.3, -0.25) is 15.2 Å². The number of hydrogen-bond donors (Lipinski definition) is 2. The van der Waals surface area contributed by atoms with E-state index in [0.717, 1.165) is 11.1 Å². The standard InChI is InChI=1S/C16H15N5O2/c1-10-2-4-11(5-3-10)14(17)16-18-15(19-20-16)12-6-8-13(9-7-12)21(22)23/h2-9,14H,17H2,1H3,(H,18,19,20). The zero-order valence-corrected chi connectivity index (χ0v) is 12.4. The number of aryl methyl sites for hydroxylation is 1. The normalized spacial score (nSPS) is 12.1. The van der Waals surface area contributed by atoms with Gasteiger partial charge in [-0.05, 0) is 24.6 Å². The van der Waals surface area contributed by atoms with E-state index in [1.807, 2.05) is 31.2 Å². The number of nitro benzene ring substituents is 1. The van der Waals surface area contributed by atoms with Gasteiger partial charge in [0.05, 0.1) is 11.0 Å². The van der Waals surface area contributed by atoms with E-state index in [2.05, 4.69) is 15.2 Å². The summed E-state index contributed by atoms with van der Waals surface area (Å²) < 4.78 is 0. The molecule has 3 rings (SSSR count). The first kappa shape index (κ1) is 14.9. The highest BCUT2D eigenvalue weighted by molar-refractivity contribution is 5.57. The van der Waals surface area contributed by atoms with Crippen molar-refractivity contribution in [1.82, 2.24) is 15.2 Å². The van der Waals surface area contributed by atoms with E-state index in [1.54, 1.807) is 12.1 Å². The van der Waals surface area contributed by atoms with E-state index in [9.17, 15) is 10.1 Å². The molecule has 3 N–H and O–H groups in total. The van der Waals surface area contributed by atoms with Crippen molar-refractivity contribution >= 4 is 5.69 Å². The smallest absolute Gasteiger partial charge is 0.269 e. The van der Waals surface area contributed by atoms with Crippen LogP contribution in [0.2, 0.25) is 0 Å². The number of nitro groups is 1. The minimum absolute atomic E-state index is 0.0286. The van der Waals surface area contributed by atoms with Crippen molar-refractivity contribution in [2.45, 2.75) is 13.0 Å². The maximum Gasteiger partial charge on any atom is 0.269 e. The van der Waals surface area contributed by atoms with Gasteiger partial charge in [-0.1, -0.05) is 29.8 Å². The predicted octanol–water partition coefficient (Wildman–Crippen LogP) is 2.74. The lowest BCUT2D eigenvalue weighted by atomic mass is 10.1. The van der Waals surface area contributed by atoms with Crippen LogP contribution < -0.4 is 5.73 Å². The van der Waals surface area contributed by atoms with Crippen molar-refractivity contribution in [2.75, 3.05) is 0 Å².